The molecule has 0 spiro atoms. The van der Waals surface area contributed by atoms with E-state index in [9.17, 15) is 9.59 Å². The van der Waals surface area contributed by atoms with Gasteiger partial charge in [-0.25, -0.2) is 4.98 Å². The van der Waals surface area contributed by atoms with E-state index >= 15 is 0 Å². The molecule has 2 aromatic heterocycles. The van der Waals surface area contributed by atoms with Crippen LogP contribution in [0.15, 0.2) is 44.1 Å². The highest BCUT2D eigenvalue weighted by molar-refractivity contribution is 5.43. The number of rotatable bonds is 3. The minimum atomic E-state index is -0.431. The molecular weight excluding hydrogens is 320 g/mol. The third-order valence-electron chi connectivity index (χ3n) is 3.93. The van der Waals surface area contributed by atoms with Crippen LogP contribution in [0.2, 0.25) is 0 Å². The number of aryl methyl sites for hydroxylation is 3. The molecule has 2 heterocycles. The molecule has 0 aliphatic rings. The summed E-state index contributed by atoms with van der Waals surface area (Å²) in [5, 5.41) is 11.0. The van der Waals surface area contributed by atoms with Crippen molar-refractivity contribution >= 4 is 11.4 Å². The lowest BCUT2D eigenvalue weighted by atomic mass is 10.2. The Labute approximate surface area is 143 Å². The van der Waals surface area contributed by atoms with Crippen LogP contribution in [0, 0.1) is 27.7 Å². The van der Waals surface area contributed by atoms with Gasteiger partial charge < -0.3 is 0 Å². The van der Waals surface area contributed by atoms with Gasteiger partial charge in [0.05, 0.1) is 11.4 Å². The number of hydrogen-bond donors (Lipinski definition) is 2. The van der Waals surface area contributed by atoms with Gasteiger partial charge >= 0.3 is 5.56 Å². The van der Waals surface area contributed by atoms with E-state index in [4.69, 9.17) is 0 Å². The summed E-state index contributed by atoms with van der Waals surface area (Å²) in [5.74, 6) is 0.123. The molecule has 0 unspecified atom stereocenters. The number of azo groups is 1. The van der Waals surface area contributed by atoms with E-state index in [0.717, 1.165) is 10.2 Å². The molecule has 2 N–H and O–H groups in total. The molecule has 1 aromatic carbocycles. The van der Waals surface area contributed by atoms with Gasteiger partial charge in [-0.05, 0) is 39.8 Å². The maximum atomic E-state index is 12.6. The second-order valence-corrected chi connectivity index (χ2v) is 5.86. The van der Waals surface area contributed by atoms with E-state index in [0.29, 0.717) is 22.6 Å². The van der Waals surface area contributed by atoms with Crippen LogP contribution in [0.25, 0.3) is 5.95 Å². The second-order valence-electron chi connectivity index (χ2n) is 5.86. The zero-order valence-electron chi connectivity index (χ0n) is 14.4. The van der Waals surface area contributed by atoms with Crippen LogP contribution in [0.1, 0.15) is 22.5 Å². The quantitative estimate of drug-likeness (QED) is 0.717. The Kier molecular flexibility index (Phi) is 4.18. The number of H-pyrrole nitrogens is 2. The lowest BCUT2D eigenvalue weighted by molar-refractivity contribution is 0.759. The van der Waals surface area contributed by atoms with Crippen molar-refractivity contribution in [3.05, 3.63) is 67.5 Å². The largest absolute Gasteiger partial charge is 0.301 e. The molecule has 8 nitrogen and oxygen atoms in total. The lowest BCUT2D eigenvalue weighted by Crippen LogP contribution is -2.23. The Morgan fingerprint density at radius 3 is 2.32 bits per heavy atom. The number of nitrogens with one attached hydrogen (secondary N) is 2. The molecule has 3 aromatic rings. The van der Waals surface area contributed by atoms with E-state index in [2.05, 4.69) is 25.3 Å². The minimum absolute atomic E-state index is 0.123. The van der Waals surface area contributed by atoms with Crippen molar-refractivity contribution in [2.24, 2.45) is 10.2 Å². The van der Waals surface area contributed by atoms with E-state index in [1.54, 1.807) is 20.8 Å². The maximum absolute atomic E-state index is 12.6. The van der Waals surface area contributed by atoms with Gasteiger partial charge in [0.25, 0.3) is 5.56 Å². The summed E-state index contributed by atoms with van der Waals surface area (Å²) in [6.07, 6.45) is 0. The van der Waals surface area contributed by atoms with Crippen LogP contribution in [0.4, 0.5) is 11.4 Å². The van der Waals surface area contributed by atoms with Gasteiger partial charge in [-0.2, -0.15) is 9.80 Å². The molecule has 0 saturated heterocycles. The Hall–Kier alpha value is -3.29. The van der Waals surface area contributed by atoms with Gasteiger partial charge in [-0.15, -0.1) is 5.11 Å². The fourth-order valence-electron chi connectivity index (χ4n) is 2.26. The Morgan fingerprint density at radius 2 is 1.68 bits per heavy atom. The van der Waals surface area contributed by atoms with Crippen LogP contribution in [-0.2, 0) is 0 Å². The summed E-state index contributed by atoms with van der Waals surface area (Å²) in [6.45, 7) is 7.08. The molecule has 0 aliphatic heterocycles. The van der Waals surface area contributed by atoms with Gasteiger partial charge in [0.1, 0.15) is 0 Å². The normalized spacial score (nSPS) is 11.4. The molecule has 128 valence electrons. The first-order valence-electron chi connectivity index (χ1n) is 7.74. The maximum Gasteiger partial charge on any atom is 0.301 e. The average molecular weight is 338 g/mol. The third kappa shape index (κ3) is 3.18. The fraction of sp³-hybridized carbons (Fsp3) is 0.235. The predicted octanol–water partition coefficient (Wildman–Crippen LogP) is 2.90. The van der Waals surface area contributed by atoms with Crippen molar-refractivity contribution in [2.45, 2.75) is 27.7 Å². The number of benzene rings is 1. The zero-order chi connectivity index (χ0) is 18.1. The summed E-state index contributed by atoms with van der Waals surface area (Å²) in [5.41, 5.74) is 2.81. The Balaban J connectivity index is 2.03. The van der Waals surface area contributed by atoms with Crippen molar-refractivity contribution in [1.29, 1.82) is 0 Å². The highest BCUT2D eigenvalue weighted by Crippen LogP contribution is 2.18. The van der Waals surface area contributed by atoms with Crippen molar-refractivity contribution in [3.8, 4) is 5.95 Å². The molecule has 0 saturated carbocycles. The van der Waals surface area contributed by atoms with E-state index < -0.39 is 5.56 Å². The molecule has 0 fully saturated rings. The molecule has 0 aliphatic carbocycles. The van der Waals surface area contributed by atoms with Gasteiger partial charge in [0, 0.05) is 11.3 Å². The van der Waals surface area contributed by atoms with Crippen molar-refractivity contribution in [1.82, 2.24) is 19.7 Å². The van der Waals surface area contributed by atoms with Crippen molar-refractivity contribution < 1.29 is 0 Å². The summed E-state index contributed by atoms with van der Waals surface area (Å²) >= 11 is 0. The smallest absolute Gasteiger partial charge is 0.291 e. The topological polar surface area (TPSA) is 108 Å². The van der Waals surface area contributed by atoms with Crippen molar-refractivity contribution in [3.63, 3.8) is 0 Å². The zero-order valence-corrected chi connectivity index (χ0v) is 14.4. The third-order valence-corrected chi connectivity index (χ3v) is 3.93. The number of hydrogen-bond acceptors (Lipinski definition) is 5. The molecular formula is C17H18N6O2. The summed E-state index contributed by atoms with van der Waals surface area (Å²) in [7, 11) is 0. The number of aromatic nitrogens is 4. The van der Waals surface area contributed by atoms with Crippen LogP contribution < -0.4 is 11.1 Å². The molecule has 25 heavy (non-hydrogen) atoms. The van der Waals surface area contributed by atoms with E-state index in [1.165, 1.54) is 0 Å². The van der Waals surface area contributed by atoms with Gasteiger partial charge in [-0.3, -0.25) is 19.7 Å². The molecule has 0 atom stereocenters. The monoisotopic (exact) mass is 338 g/mol. The van der Waals surface area contributed by atoms with Crippen molar-refractivity contribution in [2.75, 3.05) is 0 Å². The number of aromatic amines is 2. The predicted molar refractivity (Wildman–Crippen MR) is 94.4 cm³/mol. The lowest BCUT2D eigenvalue weighted by Gasteiger charge is -2.03. The average Bonchev–Trinajstić information content (AvgIpc) is 2.86. The van der Waals surface area contributed by atoms with Crippen LogP contribution in [-0.4, -0.2) is 19.7 Å². The molecule has 0 amide bonds. The summed E-state index contributed by atoms with van der Waals surface area (Å²) in [4.78, 5) is 31.3. The molecule has 3 rings (SSSR count). The molecule has 8 heteroatoms. The first-order valence-corrected chi connectivity index (χ1v) is 7.74. The van der Waals surface area contributed by atoms with Gasteiger partial charge in [-0.1, -0.05) is 17.7 Å². The van der Waals surface area contributed by atoms with Gasteiger partial charge in [0.2, 0.25) is 5.95 Å². The summed E-state index contributed by atoms with van der Waals surface area (Å²) < 4.78 is 1.16. The first kappa shape index (κ1) is 16.6. The Bertz CT molecular complexity index is 1070. The van der Waals surface area contributed by atoms with Crippen LogP contribution in [0.5, 0.6) is 0 Å². The van der Waals surface area contributed by atoms with Crippen LogP contribution >= 0.6 is 0 Å². The summed E-state index contributed by atoms with van der Waals surface area (Å²) in [6, 6.07) is 7.48. The minimum Gasteiger partial charge on any atom is -0.291 e. The first-order chi connectivity index (χ1) is 11.9. The fourth-order valence-corrected chi connectivity index (χ4v) is 2.26. The van der Waals surface area contributed by atoms with Gasteiger partial charge in [0.15, 0.2) is 5.69 Å². The highest BCUT2D eigenvalue weighted by Gasteiger charge is 2.15. The van der Waals surface area contributed by atoms with E-state index in [1.807, 2.05) is 31.2 Å². The van der Waals surface area contributed by atoms with E-state index in [-0.39, 0.29) is 17.2 Å². The number of nitrogens with zero attached hydrogens (tertiary/aromatic N) is 4. The Morgan fingerprint density at radius 1 is 1.00 bits per heavy atom. The SMILES string of the molecule is Cc1ccc(N=Nc2c(C)[nH]n(-c3nc(C)c(C)c(=O)[nH]3)c2=O)cc1. The molecule has 0 radical (unpaired) electrons. The highest BCUT2D eigenvalue weighted by atomic mass is 16.1. The standard InChI is InChI=1S/C17H18N6O2/c1-9-5-7-13(8-6-9)20-21-14-12(4)22-23(16(14)25)17-18-11(3)10(2)15(24)19-17/h5-8,22H,1-4H3,(H,18,19,24). The second kappa shape index (κ2) is 6.31. The molecule has 0 bridgehead atoms. The van der Waals surface area contributed by atoms with Crippen LogP contribution in [0.3, 0.4) is 0 Å².